The SMILES string of the molecule is CC(C)[C@@H](CO)NC(=O)C1(CN)CCCCCC1. The average molecular weight is 256 g/mol. The molecule has 4 heteroatoms. The van der Waals surface area contributed by atoms with Crippen molar-refractivity contribution in [3.05, 3.63) is 0 Å². The molecule has 4 N–H and O–H groups in total. The van der Waals surface area contributed by atoms with Gasteiger partial charge in [-0.25, -0.2) is 0 Å². The molecule has 1 amide bonds. The van der Waals surface area contributed by atoms with Gasteiger partial charge in [0, 0.05) is 6.54 Å². The predicted molar refractivity (Wildman–Crippen MR) is 73.0 cm³/mol. The van der Waals surface area contributed by atoms with Crippen LogP contribution >= 0.6 is 0 Å². The molecule has 1 saturated carbocycles. The fourth-order valence-electron chi connectivity index (χ4n) is 2.67. The first kappa shape index (κ1) is 15.4. The zero-order chi connectivity index (χ0) is 13.6. The summed E-state index contributed by atoms with van der Waals surface area (Å²) in [6, 6.07) is -0.163. The molecule has 106 valence electrons. The van der Waals surface area contributed by atoms with Crippen LogP contribution in [0.25, 0.3) is 0 Å². The van der Waals surface area contributed by atoms with Gasteiger partial charge in [0.2, 0.25) is 5.91 Å². The highest BCUT2D eigenvalue weighted by atomic mass is 16.3. The van der Waals surface area contributed by atoms with Crippen LogP contribution in [0.1, 0.15) is 52.4 Å². The molecule has 0 aromatic rings. The van der Waals surface area contributed by atoms with Crippen LogP contribution in [-0.2, 0) is 4.79 Å². The van der Waals surface area contributed by atoms with Gasteiger partial charge < -0.3 is 16.2 Å². The van der Waals surface area contributed by atoms with Crippen LogP contribution in [0.15, 0.2) is 0 Å². The van der Waals surface area contributed by atoms with E-state index in [0.29, 0.717) is 6.54 Å². The third-order valence-corrected chi connectivity index (χ3v) is 4.25. The lowest BCUT2D eigenvalue weighted by molar-refractivity contribution is -0.132. The van der Waals surface area contributed by atoms with Crippen molar-refractivity contribution in [2.24, 2.45) is 17.1 Å². The second-order valence-corrected chi connectivity index (χ2v) is 5.91. The quantitative estimate of drug-likeness (QED) is 0.651. The number of carbonyl (C=O) groups excluding carboxylic acids is 1. The maximum absolute atomic E-state index is 12.5. The van der Waals surface area contributed by atoms with Crippen molar-refractivity contribution in [3.8, 4) is 0 Å². The Labute approximate surface area is 110 Å². The average Bonchev–Trinajstić information content (AvgIpc) is 2.61. The van der Waals surface area contributed by atoms with Crippen molar-refractivity contribution in [1.29, 1.82) is 0 Å². The van der Waals surface area contributed by atoms with Gasteiger partial charge >= 0.3 is 0 Å². The van der Waals surface area contributed by atoms with E-state index in [2.05, 4.69) is 5.32 Å². The zero-order valence-electron chi connectivity index (χ0n) is 11.7. The first-order valence-corrected chi connectivity index (χ1v) is 7.17. The third kappa shape index (κ3) is 3.69. The molecule has 0 heterocycles. The van der Waals surface area contributed by atoms with E-state index in [1.807, 2.05) is 13.8 Å². The normalized spacial score (nSPS) is 21.4. The smallest absolute Gasteiger partial charge is 0.227 e. The molecule has 4 nitrogen and oxygen atoms in total. The van der Waals surface area contributed by atoms with Gasteiger partial charge in [0.25, 0.3) is 0 Å². The Morgan fingerprint density at radius 2 is 1.83 bits per heavy atom. The Hall–Kier alpha value is -0.610. The molecule has 0 aromatic heterocycles. The van der Waals surface area contributed by atoms with E-state index in [-0.39, 0.29) is 24.5 Å². The van der Waals surface area contributed by atoms with Gasteiger partial charge in [0.15, 0.2) is 0 Å². The summed E-state index contributed by atoms with van der Waals surface area (Å²) in [6.07, 6.45) is 6.31. The van der Waals surface area contributed by atoms with E-state index in [0.717, 1.165) is 25.7 Å². The lowest BCUT2D eigenvalue weighted by atomic mass is 9.79. The van der Waals surface area contributed by atoms with Crippen LogP contribution in [-0.4, -0.2) is 30.2 Å². The summed E-state index contributed by atoms with van der Waals surface area (Å²) in [6.45, 7) is 4.41. The van der Waals surface area contributed by atoms with Gasteiger partial charge in [-0.15, -0.1) is 0 Å². The number of aliphatic hydroxyl groups excluding tert-OH is 1. The fraction of sp³-hybridized carbons (Fsp3) is 0.929. The van der Waals surface area contributed by atoms with Gasteiger partial charge in [-0.1, -0.05) is 39.5 Å². The first-order chi connectivity index (χ1) is 8.55. The molecule has 1 aliphatic rings. The number of amides is 1. The maximum atomic E-state index is 12.5. The number of hydrogen-bond donors (Lipinski definition) is 3. The van der Waals surface area contributed by atoms with Crippen LogP contribution in [0.5, 0.6) is 0 Å². The van der Waals surface area contributed by atoms with Crippen molar-refractivity contribution < 1.29 is 9.90 Å². The van der Waals surface area contributed by atoms with Gasteiger partial charge in [-0.05, 0) is 18.8 Å². The first-order valence-electron chi connectivity index (χ1n) is 7.17. The molecule has 0 bridgehead atoms. The van der Waals surface area contributed by atoms with Gasteiger partial charge in [-0.3, -0.25) is 4.79 Å². The van der Waals surface area contributed by atoms with Gasteiger partial charge in [0.1, 0.15) is 0 Å². The van der Waals surface area contributed by atoms with E-state index < -0.39 is 5.41 Å². The fourth-order valence-corrected chi connectivity index (χ4v) is 2.67. The Balaban J connectivity index is 2.71. The van der Waals surface area contributed by atoms with Crippen LogP contribution < -0.4 is 11.1 Å². The summed E-state index contributed by atoms with van der Waals surface area (Å²) in [5, 5.41) is 12.3. The van der Waals surface area contributed by atoms with E-state index >= 15 is 0 Å². The molecular weight excluding hydrogens is 228 g/mol. The number of hydrogen-bond acceptors (Lipinski definition) is 3. The van der Waals surface area contributed by atoms with Crippen LogP contribution in [0.3, 0.4) is 0 Å². The Morgan fingerprint density at radius 3 is 2.22 bits per heavy atom. The van der Waals surface area contributed by atoms with E-state index in [1.165, 1.54) is 12.8 Å². The Morgan fingerprint density at radius 1 is 1.28 bits per heavy atom. The molecule has 0 saturated heterocycles. The Kier molecular flexibility index (Phi) is 6.09. The monoisotopic (exact) mass is 256 g/mol. The number of nitrogens with one attached hydrogen (secondary N) is 1. The van der Waals surface area contributed by atoms with Crippen LogP contribution in [0.4, 0.5) is 0 Å². The molecule has 1 aliphatic carbocycles. The van der Waals surface area contributed by atoms with Crippen molar-refractivity contribution in [1.82, 2.24) is 5.32 Å². The minimum atomic E-state index is -0.404. The van der Waals surface area contributed by atoms with Crippen molar-refractivity contribution in [2.75, 3.05) is 13.2 Å². The molecular formula is C14H28N2O2. The molecule has 0 aromatic carbocycles. The maximum Gasteiger partial charge on any atom is 0.227 e. The summed E-state index contributed by atoms with van der Waals surface area (Å²) < 4.78 is 0. The molecule has 1 rings (SSSR count). The number of rotatable bonds is 5. The minimum Gasteiger partial charge on any atom is -0.394 e. The summed E-state index contributed by atoms with van der Waals surface area (Å²) >= 11 is 0. The van der Waals surface area contributed by atoms with Crippen LogP contribution in [0, 0.1) is 11.3 Å². The second kappa shape index (κ2) is 7.10. The molecule has 0 unspecified atom stereocenters. The van der Waals surface area contributed by atoms with Crippen molar-refractivity contribution >= 4 is 5.91 Å². The second-order valence-electron chi connectivity index (χ2n) is 5.91. The molecule has 0 aliphatic heterocycles. The lowest BCUT2D eigenvalue weighted by Crippen LogP contribution is -2.51. The highest BCUT2D eigenvalue weighted by Crippen LogP contribution is 2.34. The van der Waals surface area contributed by atoms with Crippen molar-refractivity contribution in [3.63, 3.8) is 0 Å². The topological polar surface area (TPSA) is 75.3 Å². The number of carbonyl (C=O) groups is 1. The molecule has 18 heavy (non-hydrogen) atoms. The van der Waals surface area contributed by atoms with E-state index in [4.69, 9.17) is 5.73 Å². The molecule has 1 fully saturated rings. The standard InChI is InChI=1S/C14H28N2O2/c1-11(2)12(9-17)16-13(18)14(10-15)7-5-3-4-6-8-14/h11-12,17H,3-10,15H2,1-2H3,(H,16,18)/t12-/m1/s1. The highest BCUT2D eigenvalue weighted by Gasteiger charge is 2.38. The van der Waals surface area contributed by atoms with Gasteiger partial charge in [-0.2, -0.15) is 0 Å². The summed E-state index contributed by atoms with van der Waals surface area (Å²) in [5.74, 6) is 0.277. The summed E-state index contributed by atoms with van der Waals surface area (Å²) in [4.78, 5) is 12.5. The lowest BCUT2D eigenvalue weighted by Gasteiger charge is -2.32. The number of aliphatic hydroxyl groups is 1. The zero-order valence-corrected chi connectivity index (χ0v) is 11.7. The Bertz CT molecular complexity index is 259. The largest absolute Gasteiger partial charge is 0.394 e. The summed E-state index contributed by atoms with van der Waals surface area (Å²) in [7, 11) is 0. The predicted octanol–water partition coefficient (Wildman–Crippen LogP) is 1.42. The molecule has 0 spiro atoms. The highest BCUT2D eigenvalue weighted by molar-refractivity contribution is 5.83. The molecule has 1 atom stereocenters. The molecule has 0 radical (unpaired) electrons. The summed E-state index contributed by atoms with van der Waals surface area (Å²) in [5.41, 5.74) is 5.47. The van der Waals surface area contributed by atoms with E-state index in [1.54, 1.807) is 0 Å². The minimum absolute atomic E-state index is 0.00986. The third-order valence-electron chi connectivity index (χ3n) is 4.25. The number of nitrogens with two attached hydrogens (primary N) is 1. The van der Waals surface area contributed by atoms with Crippen molar-refractivity contribution in [2.45, 2.75) is 58.4 Å². The van der Waals surface area contributed by atoms with Gasteiger partial charge in [0.05, 0.1) is 18.1 Å². The van der Waals surface area contributed by atoms with E-state index in [9.17, 15) is 9.90 Å². The van der Waals surface area contributed by atoms with Crippen LogP contribution in [0.2, 0.25) is 0 Å².